The number of aldehydes is 1. The molecule has 11 nitrogen and oxygen atoms in total. The summed E-state index contributed by atoms with van der Waals surface area (Å²) in [7, 11) is 3.32. The minimum Gasteiger partial charge on any atom is -0.493 e. The van der Waals surface area contributed by atoms with Crippen LogP contribution in [-0.2, 0) is 9.53 Å². The average Bonchev–Trinajstić information content (AvgIpc) is 3.31. The number of nitrogens with one attached hydrogen (secondary N) is 1. The van der Waals surface area contributed by atoms with E-state index in [1.54, 1.807) is 0 Å². The highest BCUT2D eigenvalue weighted by Gasteiger charge is 2.26. The Balaban J connectivity index is 0.000000508. The number of benzene rings is 1. The van der Waals surface area contributed by atoms with Gasteiger partial charge in [-0.3, -0.25) is 14.9 Å². The molecule has 1 heterocycles. The van der Waals surface area contributed by atoms with Crippen LogP contribution in [0.15, 0.2) is 30.9 Å². The number of nitro groups is 1. The molecule has 1 aliphatic rings. The molecule has 1 atom stereocenters. The summed E-state index contributed by atoms with van der Waals surface area (Å²) in [6.07, 6.45) is 8.87. The standard InChI is InChI=1S/C15H15N3O7.C5H13N.C4H8/c1-10(25-15(20)17-4-3-16-9-17)11-7-13(23-2)14(24-6-5-19)8-12(11)18(21)22;1-5(2)4-6-3;1-2-4-3-1/h3-5,7-10H,6H2,1-2H3;5-6H,4H2,1-3H3;1-4H2. The number of carbonyl (C=O) groups is 2. The van der Waals surface area contributed by atoms with Crippen LogP contribution < -0.4 is 14.8 Å². The van der Waals surface area contributed by atoms with Crippen molar-refractivity contribution in [3.63, 3.8) is 0 Å². The van der Waals surface area contributed by atoms with Crippen LogP contribution in [0.1, 0.15) is 58.1 Å². The predicted octanol–water partition coefficient (Wildman–Crippen LogP) is 4.55. The summed E-state index contributed by atoms with van der Waals surface area (Å²) in [6.45, 7) is 6.72. The van der Waals surface area contributed by atoms with Gasteiger partial charge in [-0.05, 0) is 32.5 Å². The van der Waals surface area contributed by atoms with E-state index in [0.29, 0.717) is 6.29 Å². The third kappa shape index (κ3) is 10.6. The van der Waals surface area contributed by atoms with Crippen molar-refractivity contribution in [1.29, 1.82) is 0 Å². The van der Waals surface area contributed by atoms with E-state index in [2.05, 4.69) is 24.1 Å². The normalized spacial score (nSPS) is 12.6. The first-order valence-electron chi connectivity index (χ1n) is 11.5. The molecular formula is C24H36N4O7. The summed E-state index contributed by atoms with van der Waals surface area (Å²) in [5.74, 6) is 1.00. The molecule has 1 aromatic carbocycles. The lowest BCUT2D eigenvalue weighted by Crippen LogP contribution is -2.15. The number of nitrogens with zero attached hydrogens (tertiary/aromatic N) is 3. The van der Waals surface area contributed by atoms with Crippen LogP contribution in [0.4, 0.5) is 10.5 Å². The quantitative estimate of drug-likeness (QED) is 0.304. The first-order valence-corrected chi connectivity index (χ1v) is 11.5. The van der Waals surface area contributed by atoms with Crippen molar-refractivity contribution in [2.75, 3.05) is 27.3 Å². The SMILES string of the molecule is C1CCC1.CNCC(C)C.COc1cc(C(C)OC(=O)n2ccnc2)c([N+](=O)[O-])cc1OCC=O. The third-order valence-electron chi connectivity index (χ3n) is 4.86. The number of rotatable bonds is 9. The van der Waals surface area contributed by atoms with Gasteiger partial charge in [0, 0.05) is 12.4 Å². The summed E-state index contributed by atoms with van der Waals surface area (Å²) in [4.78, 5) is 36.9. The van der Waals surface area contributed by atoms with Gasteiger partial charge in [-0.1, -0.05) is 39.5 Å². The molecular weight excluding hydrogens is 456 g/mol. The first kappa shape index (κ1) is 29.6. The highest BCUT2D eigenvalue weighted by atomic mass is 16.6. The summed E-state index contributed by atoms with van der Waals surface area (Å²) in [5, 5.41) is 14.4. The van der Waals surface area contributed by atoms with Gasteiger partial charge in [-0.2, -0.15) is 0 Å². The number of nitro benzene ring substituents is 1. The summed E-state index contributed by atoms with van der Waals surface area (Å²) < 4.78 is 16.6. The van der Waals surface area contributed by atoms with Crippen molar-refractivity contribution in [2.24, 2.45) is 5.92 Å². The molecule has 194 valence electrons. The van der Waals surface area contributed by atoms with Gasteiger partial charge in [0.25, 0.3) is 5.69 Å². The fraction of sp³-hybridized carbons (Fsp3) is 0.542. The predicted molar refractivity (Wildman–Crippen MR) is 131 cm³/mol. The molecule has 1 saturated carbocycles. The van der Waals surface area contributed by atoms with E-state index in [0.717, 1.165) is 23.1 Å². The van der Waals surface area contributed by atoms with E-state index in [9.17, 15) is 19.7 Å². The zero-order valence-corrected chi connectivity index (χ0v) is 21.1. The highest BCUT2D eigenvalue weighted by molar-refractivity contribution is 5.70. The second kappa shape index (κ2) is 16.2. The molecule has 0 bridgehead atoms. The van der Waals surface area contributed by atoms with Crippen LogP contribution in [0, 0.1) is 16.0 Å². The molecule has 3 rings (SSSR count). The number of imidazole rings is 1. The number of methoxy groups -OCH3 is 1. The number of ether oxygens (including phenoxy) is 3. The molecule has 0 aliphatic heterocycles. The molecule has 1 N–H and O–H groups in total. The maximum Gasteiger partial charge on any atom is 0.419 e. The number of hydrogen-bond donors (Lipinski definition) is 1. The molecule has 1 aliphatic carbocycles. The second-order valence-electron chi connectivity index (χ2n) is 8.16. The lowest BCUT2D eigenvalue weighted by atomic mass is 10.0. The van der Waals surface area contributed by atoms with Gasteiger partial charge in [0.05, 0.1) is 23.7 Å². The van der Waals surface area contributed by atoms with E-state index in [1.165, 1.54) is 64.5 Å². The lowest BCUT2D eigenvalue weighted by Gasteiger charge is -2.16. The second-order valence-corrected chi connectivity index (χ2v) is 8.16. The van der Waals surface area contributed by atoms with E-state index >= 15 is 0 Å². The Hall–Kier alpha value is -3.47. The van der Waals surface area contributed by atoms with Crippen LogP contribution in [0.3, 0.4) is 0 Å². The van der Waals surface area contributed by atoms with Gasteiger partial charge in [-0.25, -0.2) is 14.3 Å². The van der Waals surface area contributed by atoms with Crippen LogP contribution in [-0.4, -0.2) is 54.2 Å². The summed E-state index contributed by atoms with van der Waals surface area (Å²) in [5.41, 5.74) is -0.207. The Labute approximate surface area is 205 Å². The fourth-order valence-electron chi connectivity index (χ4n) is 2.75. The maximum absolute atomic E-state index is 12.0. The molecule has 0 saturated heterocycles. The van der Waals surface area contributed by atoms with Crippen LogP contribution >= 0.6 is 0 Å². The van der Waals surface area contributed by atoms with E-state index in [4.69, 9.17) is 14.2 Å². The number of hydrogen-bond acceptors (Lipinski definition) is 9. The average molecular weight is 493 g/mol. The smallest absolute Gasteiger partial charge is 0.419 e. The summed E-state index contributed by atoms with van der Waals surface area (Å²) >= 11 is 0. The zero-order chi connectivity index (χ0) is 26.2. The van der Waals surface area contributed by atoms with Crippen LogP contribution in [0.2, 0.25) is 0 Å². The molecule has 35 heavy (non-hydrogen) atoms. The molecule has 1 fully saturated rings. The van der Waals surface area contributed by atoms with Crippen molar-refractivity contribution in [3.8, 4) is 11.5 Å². The Kier molecular flexibility index (Phi) is 13.7. The van der Waals surface area contributed by atoms with Crippen molar-refractivity contribution in [2.45, 2.75) is 52.6 Å². The Morgan fingerprint density at radius 3 is 2.29 bits per heavy atom. The molecule has 0 spiro atoms. The van der Waals surface area contributed by atoms with E-state index in [1.807, 2.05) is 7.05 Å². The first-order chi connectivity index (χ1) is 16.7. The largest absolute Gasteiger partial charge is 0.493 e. The van der Waals surface area contributed by atoms with Gasteiger partial charge >= 0.3 is 6.09 Å². The van der Waals surface area contributed by atoms with Crippen LogP contribution in [0.25, 0.3) is 0 Å². The minimum absolute atomic E-state index is 0.0400. The Morgan fingerprint density at radius 1 is 1.23 bits per heavy atom. The topological polar surface area (TPSA) is 135 Å². The van der Waals surface area contributed by atoms with Crippen molar-refractivity contribution >= 4 is 18.1 Å². The van der Waals surface area contributed by atoms with E-state index < -0.39 is 17.1 Å². The molecule has 11 heteroatoms. The van der Waals surface area contributed by atoms with Gasteiger partial charge in [-0.15, -0.1) is 0 Å². The minimum atomic E-state index is -0.940. The molecule has 1 aromatic heterocycles. The molecule has 1 unspecified atom stereocenters. The van der Waals surface area contributed by atoms with Gasteiger partial charge in [0.15, 0.2) is 17.8 Å². The monoisotopic (exact) mass is 492 g/mol. The van der Waals surface area contributed by atoms with Crippen molar-refractivity contribution in [1.82, 2.24) is 14.9 Å². The van der Waals surface area contributed by atoms with Crippen LogP contribution in [0.5, 0.6) is 11.5 Å². The van der Waals surface area contributed by atoms with Crippen molar-refractivity contribution < 1.29 is 28.7 Å². The Morgan fingerprint density at radius 2 is 1.89 bits per heavy atom. The van der Waals surface area contributed by atoms with Gasteiger partial charge in [0.2, 0.25) is 0 Å². The number of aromatic nitrogens is 2. The van der Waals surface area contributed by atoms with Gasteiger partial charge < -0.3 is 19.5 Å². The fourth-order valence-corrected chi connectivity index (χ4v) is 2.75. The van der Waals surface area contributed by atoms with E-state index in [-0.39, 0.29) is 29.4 Å². The van der Waals surface area contributed by atoms with Gasteiger partial charge in [0.1, 0.15) is 19.0 Å². The van der Waals surface area contributed by atoms with Crippen molar-refractivity contribution in [3.05, 3.63) is 46.5 Å². The molecule has 0 amide bonds. The maximum atomic E-state index is 12.0. The third-order valence-corrected chi connectivity index (χ3v) is 4.86. The summed E-state index contributed by atoms with van der Waals surface area (Å²) in [6, 6.07) is 2.46. The highest BCUT2D eigenvalue weighted by Crippen LogP contribution is 2.38. The zero-order valence-electron chi connectivity index (χ0n) is 21.1. The number of carbonyl (C=O) groups excluding carboxylic acids is 2. The lowest BCUT2D eigenvalue weighted by molar-refractivity contribution is -0.386. The molecule has 2 aromatic rings. The molecule has 0 radical (unpaired) electrons. The Bertz CT molecular complexity index is 909.